The number of ether oxygens (including phenoxy) is 1. The molecule has 1 aromatic carbocycles. The first-order valence-electron chi connectivity index (χ1n) is 4.85. The number of aromatic nitrogens is 1. The summed E-state index contributed by atoms with van der Waals surface area (Å²) in [4.78, 5) is 0. The highest BCUT2D eigenvalue weighted by atomic mass is 16.5. The zero-order valence-corrected chi connectivity index (χ0v) is 8.86. The number of benzene rings is 1. The van der Waals surface area contributed by atoms with Crippen LogP contribution >= 0.6 is 0 Å². The van der Waals surface area contributed by atoms with Crippen LogP contribution < -0.4 is 4.74 Å². The lowest BCUT2D eigenvalue weighted by Gasteiger charge is -2.08. The highest BCUT2D eigenvalue weighted by molar-refractivity contribution is 5.38. The zero-order chi connectivity index (χ0) is 10.7. The van der Waals surface area contributed by atoms with E-state index in [1.807, 2.05) is 19.1 Å². The lowest BCUT2D eigenvalue weighted by atomic mass is 10.1. The fourth-order valence-electron chi connectivity index (χ4n) is 1.34. The molecule has 0 aliphatic heterocycles. The van der Waals surface area contributed by atoms with E-state index >= 15 is 0 Å². The van der Waals surface area contributed by atoms with Crippen LogP contribution in [0.5, 0.6) is 5.75 Å². The quantitative estimate of drug-likeness (QED) is 0.769. The Morgan fingerprint density at radius 1 is 1.27 bits per heavy atom. The van der Waals surface area contributed by atoms with Crippen molar-refractivity contribution < 1.29 is 9.26 Å². The lowest BCUT2D eigenvalue weighted by molar-refractivity contribution is 0.287. The molecule has 0 unspecified atom stereocenters. The summed E-state index contributed by atoms with van der Waals surface area (Å²) in [6.07, 6.45) is 1.54. The van der Waals surface area contributed by atoms with Crippen molar-refractivity contribution in [2.45, 2.75) is 20.5 Å². The minimum Gasteiger partial charge on any atom is -0.487 e. The van der Waals surface area contributed by atoms with Gasteiger partial charge < -0.3 is 9.26 Å². The molecule has 0 saturated carbocycles. The fourth-order valence-corrected chi connectivity index (χ4v) is 1.34. The largest absolute Gasteiger partial charge is 0.487 e. The maximum atomic E-state index is 5.64. The summed E-state index contributed by atoms with van der Waals surface area (Å²) in [5.74, 6) is 0.901. The van der Waals surface area contributed by atoms with Crippen LogP contribution in [-0.2, 0) is 6.61 Å². The second-order valence-electron chi connectivity index (χ2n) is 3.48. The Labute approximate surface area is 88.7 Å². The fraction of sp³-hybridized carbons (Fsp3) is 0.250. The van der Waals surface area contributed by atoms with E-state index in [2.05, 4.69) is 18.1 Å². The minimum atomic E-state index is 0.445. The topological polar surface area (TPSA) is 35.3 Å². The summed E-state index contributed by atoms with van der Waals surface area (Å²) in [7, 11) is 0. The molecule has 1 aromatic heterocycles. The predicted molar refractivity (Wildman–Crippen MR) is 56.8 cm³/mol. The number of aryl methyl sites for hydroxylation is 1. The maximum absolute atomic E-state index is 5.64. The Hall–Kier alpha value is -1.77. The van der Waals surface area contributed by atoms with Crippen molar-refractivity contribution in [1.29, 1.82) is 0 Å². The van der Waals surface area contributed by atoms with Crippen LogP contribution in [0.25, 0.3) is 0 Å². The van der Waals surface area contributed by atoms with Gasteiger partial charge in [-0.3, -0.25) is 0 Å². The van der Waals surface area contributed by atoms with Crippen molar-refractivity contribution >= 4 is 0 Å². The van der Waals surface area contributed by atoms with E-state index in [1.165, 1.54) is 11.1 Å². The van der Waals surface area contributed by atoms with Crippen molar-refractivity contribution in [2.75, 3.05) is 0 Å². The highest BCUT2D eigenvalue weighted by Crippen LogP contribution is 2.21. The summed E-state index contributed by atoms with van der Waals surface area (Å²) >= 11 is 0. The molecule has 0 atom stereocenters. The molecule has 0 saturated heterocycles. The Morgan fingerprint density at radius 2 is 2.13 bits per heavy atom. The molecular weight excluding hydrogens is 190 g/mol. The standard InChI is InChI=1S/C12H13NO2/c1-9-4-3-5-12(10(9)2)14-8-11-6-7-15-13-11/h3-7H,8H2,1-2H3. The summed E-state index contributed by atoms with van der Waals surface area (Å²) in [6, 6.07) is 7.81. The van der Waals surface area contributed by atoms with Gasteiger partial charge in [0.1, 0.15) is 24.3 Å². The van der Waals surface area contributed by atoms with Crippen LogP contribution in [0.2, 0.25) is 0 Å². The van der Waals surface area contributed by atoms with Crippen molar-refractivity contribution in [3.05, 3.63) is 47.3 Å². The lowest BCUT2D eigenvalue weighted by Crippen LogP contribution is -1.97. The van der Waals surface area contributed by atoms with E-state index in [4.69, 9.17) is 9.26 Å². The van der Waals surface area contributed by atoms with Crippen LogP contribution in [0.15, 0.2) is 35.1 Å². The SMILES string of the molecule is Cc1cccc(OCc2ccon2)c1C. The van der Waals surface area contributed by atoms with E-state index in [-0.39, 0.29) is 0 Å². The number of hydrogen-bond donors (Lipinski definition) is 0. The van der Waals surface area contributed by atoms with Gasteiger partial charge in [0.05, 0.1) is 0 Å². The second kappa shape index (κ2) is 4.17. The van der Waals surface area contributed by atoms with Gasteiger partial charge >= 0.3 is 0 Å². The van der Waals surface area contributed by atoms with Crippen LogP contribution in [0, 0.1) is 13.8 Å². The summed E-state index contributed by atoms with van der Waals surface area (Å²) < 4.78 is 10.4. The smallest absolute Gasteiger partial charge is 0.134 e. The van der Waals surface area contributed by atoms with Gasteiger partial charge in [-0.05, 0) is 31.0 Å². The molecule has 0 bridgehead atoms. The number of nitrogens with zero attached hydrogens (tertiary/aromatic N) is 1. The Morgan fingerprint density at radius 3 is 2.87 bits per heavy atom. The summed E-state index contributed by atoms with van der Waals surface area (Å²) in [6.45, 7) is 4.56. The maximum Gasteiger partial charge on any atom is 0.134 e. The van der Waals surface area contributed by atoms with Gasteiger partial charge in [-0.1, -0.05) is 17.3 Å². The van der Waals surface area contributed by atoms with E-state index in [1.54, 1.807) is 12.3 Å². The highest BCUT2D eigenvalue weighted by Gasteiger charge is 2.03. The molecule has 0 N–H and O–H groups in total. The molecule has 0 fully saturated rings. The van der Waals surface area contributed by atoms with Crippen molar-refractivity contribution in [3.63, 3.8) is 0 Å². The zero-order valence-electron chi connectivity index (χ0n) is 8.86. The van der Waals surface area contributed by atoms with Crippen molar-refractivity contribution in [3.8, 4) is 5.75 Å². The molecule has 78 valence electrons. The molecule has 15 heavy (non-hydrogen) atoms. The Bertz CT molecular complexity index is 435. The third kappa shape index (κ3) is 2.18. The van der Waals surface area contributed by atoms with Crippen LogP contribution in [0.4, 0.5) is 0 Å². The molecule has 0 radical (unpaired) electrons. The Kier molecular flexibility index (Phi) is 2.72. The van der Waals surface area contributed by atoms with Gasteiger partial charge in [-0.25, -0.2) is 0 Å². The van der Waals surface area contributed by atoms with E-state index < -0.39 is 0 Å². The molecule has 0 aliphatic rings. The first-order chi connectivity index (χ1) is 7.27. The van der Waals surface area contributed by atoms with Gasteiger partial charge in [0.25, 0.3) is 0 Å². The van der Waals surface area contributed by atoms with E-state index in [0.717, 1.165) is 11.4 Å². The summed E-state index contributed by atoms with van der Waals surface area (Å²) in [5, 5.41) is 3.78. The second-order valence-corrected chi connectivity index (χ2v) is 3.48. The number of rotatable bonds is 3. The molecular formula is C12H13NO2. The molecule has 0 amide bonds. The normalized spacial score (nSPS) is 10.3. The number of hydrogen-bond acceptors (Lipinski definition) is 3. The van der Waals surface area contributed by atoms with Gasteiger partial charge in [-0.2, -0.15) is 0 Å². The molecule has 0 spiro atoms. The van der Waals surface area contributed by atoms with Crippen LogP contribution in [0.3, 0.4) is 0 Å². The monoisotopic (exact) mass is 203 g/mol. The van der Waals surface area contributed by atoms with Gasteiger partial charge in [0.15, 0.2) is 0 Å². The molecule has 3 heteroatoms. The molecule has 3 nitrogen and oxygen atoms in total. The molecule has 2 aromatic rings. The van der Waals surface area contributed by atoms with Gasteiger partial charge in [-0.15, -0.1) is 0 Å². The molecule has 1 heterocycles. The van der Waals surface area contributed by atoms with Crippen LogP contribution in [-0.4, -0.2) is 5.16 Å². The summed E-state index contributed by atoms with van der Waals surface area (Å²) in [5.41, 5.74) is 3.20. The third-order valence-electron chi connectivity index (χ3n) is 2.42. The van der Waals surface area contributed by atoms with Crippen LogP contribution in [0.1, 0.15) is 16.8 Å². The van der Waals surface area contributed by atoms with Crippen molar-refractivity contribution in [1.82, 2.24) is 5.16 Å². The van der Waals surface area contributed by atoms with E-state index in [0.29, 0.717) is 6.61 Å². The average molecular weight is 203 g/mol. The van der Waals surface area contributed by atoms with Gasteiger partial charge in [0, 0.05) is 6.07 Å². The first kappa shape index (κ1) is 9.77. The van der Waals surface area contributed by atoms with E-state index in [9.17, 15) is 0 Å². The predicted octanol–water partition coefficient (Wildman–Crippen LogP) is 2.87. The van der Waals surface area contributed by atoms with Crippen molar-refractivity contribution in [2.24, 2.45) is 0 Å². The Balaban J connectivity index is 2.08. The molecule has 0 aliphatic carbocycles. The first-order valence-corrected chi connectivity index (χ1v) is 4.85. The molecule has 2 rings (SSSR count). The third-order valence-corrected chi connectivity index (χ3v) is 2.42. The minimum absolute atomic E-state index is 0.445. The van der Waals surface area contributed by atoms with Gasteiger partial charge in [0.2, 0.25) is 0 Å². The average Bonchev–Trinajstić information content (AvgIpc) is 2.73.